The lowest BCUT2D eigenvalue weighted by molar-refractivity contribution is -0.143. The summed E-state index contributed by atoms with van der Waals surface area (Å²) >= 11 is 1.67. The molecule has 4 nitrogen and oxygen atoms in total. The molecule has 0 fully saturated rings. The van der Waals surface area contributed by atoms with E-state index in [0.29, 0.717) is 6.42 Å². The normalized spacial score (nSPS) is 14.4. The third kappa shape index (κ3) is 3.51. The van der Waals surface area contributed by atoms with Crippen LogP contribution in [0.5, 0.6) is 0 Å². The van der Waals surface area contributed by atoms with Gasteiger partial charge in [-0.3, -0.25) is 10.1 Å². The van der Waals surface area contributed by atoms with Gasteiger partial charge in [-0.25, -0.2) is 4.98 Å². The maximum absolute atomic E-state index is 11.5. The quantitative estimate of drug-likeness (QED) is 0.822. The van der Waals surface area contributed by atoms with Crippen LogP contribution in [0.15, 0.2) is 0 Å². The first-order valence-corrected chi connectivity index (χ1v) is 6.59. The first-order chi connectivity index (χ1) is 7.99. The summed E-state index contributed by atoms with van der Waals surface area (Å²) in [7, 11) is 1.42. The molecule has 17 heavy (non-hydrogen) atoms. The van der Waals surface area contributed by atoms with Crippen molar-refractivity contribution in [2.45, 2.75) is 46.2 Å². The van der Waals surface area contributed by atoms with Crippen molar-refractivity contribution in [3.8, 4) is 0 Å². The molecular formula is C12H20N2O2S. The van der Waals surface area contributed by atoms with Crippen LogP contribution >= 0.6 is 11.3 Å². The third-order valence-corrected chi connectivity index (χ3v) is 3.93. The number of methoxy groups -OCH3 is 1. The lowest BCUT2D eigenvalue weighted by Crippen LogP contribution is -2.38. The highest BCUT2D eigenvalue weighted by atomic mass is 32.1. The SMILES string of the molecule is CCC(NC(C)c1sc(C)nc1C)C(=O)OC. The van der Waals surface area contributed by atoms with E-state index in [0.717, 1.165) is 10.7 Å². The van der Waals surface area contributed by atoms with E-state index < -0.39 is 0 Å². The zero-order chi connectivity index (χ0) is 13.0. The van der Waals surface area contributed by atoms with E-state index >= 15 is 0 Å². The van der Waals surface area contributed by atoms with Crippen LogP contribution in [0.2, 0.25) is 0 Å². The maximum atomic E-state index is 11.5. The predicted octanol–water partition coefficient (Wildman–Crippen LogP) is 2.36. The Morgan fingerprint density at radius 1 is 1.53 bits per heavy atom. The summed E-state index contributed by atoms with van der Waals surface area (Å²) < 4.78 is 4.76. The van der Waals surface area contributed by atoms with Crippen molar-refractivity contribution in [3.63, 3.8) is 0 Å². The number of aromatic nitrogens is 1. The average Bonchev–Trinajstić information content (AvgIpc) is 2.64. The van der Waals surface area contributed by atoms with E-state index in [4.69, 9.17) is 4.74 Å². The monoisotopic (exact) mass is 256 g/mol. The van der Waals surface area contributed by atoms with Crippen molar-refractivity contribution in [2.75, 3.05) is 7.11 Å². The van der Waals surface area contributed by atoms with Crippen molar-refractivity contribution in [1.29, 1.82) is 0 Å². The minimum absolute atomic E-state index is 0.116. The molecule has 0 amide bonds. The van der Waals surface area contributed by atoms with Crippen molar-refractivity contribution in [2.24, 2.45) is 0 Å². The molecule has 2 unspecified atom stereocenters. The Morgan fingerprint density at radius 3 is 2.59 bits per heavy atom. The molecule has 0 aliphatic rings. The number of thiazole rings is 1. The van der Waals surface area contributed by atoms with Crippen molar-refractivity contribution >= 4 is 17.3 Å². The van der Waals surface area contributed by atoms with E-state index in [-0.39, 0.29) is 18.1 Å². The van der Waals surface area contributed by atoms with Crippen LogP contribution in [0.1, 0.15) is 41.9 Å². The molecule has 0 aliphatic heterocycles. The third-order valence-electron chi connectivity index (χ3n) is 2.68. The second-order valence-corrected chi connectivity index (χ2v) is 5.29. The minimum atomic E-state index is -0.253. The number of aryl methyl sites for hydroxylation is 2. The minimum Gasteiger partial charge on any atom is -0.468 e. The molecule has 0 bridgehead atoms. The molecule has 1 heterocycles. The Labute approximate surface area is 106 Å². The second kappa shape index (κ2) is 6.12. The molecule has 1 aromatic rings. The first-order valence-electron chi connectivity index (χ1n) is 5.77. The largest absolute Gasteiger partial charge is 0.468 e. The van der Waals surface area contributed by atoms with Gasteiger partial charge in [-0.2, -0.15) is 0 Å². The number of hydrogen-bond donors (Lipinski definition) is 1. The summed E-state index contributed by atoms with van der Waals surface area (Å²) in [5.41, 5.74) is 1.03. The molecule has 1 aromatic heterocycles. The summed E-state index contributed by atoms with van der Waals surface area (Å²) in [6.45, 7) is 8.00. The Hall–Kier alpha value is -0.940. The molecule has 1 N–H and O–H groups in total. The molecule has 0 aliphatic carbocycles. The zero-order valence-electron chi connectivity index (χ0n) is 11.0. The van der Waals surface area contributed by atoms with Crippen molar-refractivity contribution in [1.82, 2.24) is 10.3 Å². The van der Waals surface area contributed by atoms with Crippen LogP contribution in [0.4, 0.5) is 0 Å². The van der Waals surface area contributed by atoms with Crippen LogP contribution in [0.25, 0.3) is 0 Å². The van der Waals surface area contributed by atoms with E-state index in [1.54, 1.807) is 11.3 Å². The number of carbonyl (C=O) groups is 1. The number of hydrogen-bond acceptors (Lipinski definition) is 5. The summed E-state index contributed by atoms with van der Waals surface area (Å²) in [4.78, 5) is 17.1. The number of nitrogens with one attached hydrogen (secondary N) is 1. The van der Waals surface area contributed by atoms with E-state index in [2.05, 4.69) is 10.3 Å². The van der Waals surface area contributed by atoms with E-state index in [1.807, 2.05) is 27.7 Å². The second-order valence-electron chi connectivity index (χ2n) is 4.05. The van der Waals surface area contributed by atoms with Gasteiger partial charge in [0.2, 0.25) is 0 Å². The van der Waals surface area contributed by atoms with Gasteiger partial charge in [-0.15, -0.1) is 11.3 Å². The van der Waals surface area contributed by atoms with Crippen molar-refractivity contribution < 1.29 is 9.53 Å². The van der Waals surface area contributed by atoms with Gasteiger partial charge in [0.25, 0.3) is 0 Å². The Morgan fingerprint density at radius 2 is 2.18 bits per heavy atom. The van der Waals surface area contributed by atoms with Crippen LogP contribution in [0, 0.1) is 13.8 Å². The van der Waals surface area contributed by atoms with E-state index in [9.17, 15) is 4.79 Å². The Bertz CT molecular complexity index is 390. The highest BCUT2D eigenvalue weighted by molar-refractivity contribution is 7.11. The molecule has 96 valence electrons. The molecule has 0 aromatic carbocycles. The van der Waals surface area contributed by atoms with Gasteiger partial charge in [0.05, 0.1) is 17.8 Å². The van der Waals surface area contributed by atoms with Gasteiger partial charge in [0, 0.05) is 10.9 Å². The Balaban J connectivity index is 2.74. The van der Waals surface area contributed by atoms with Crippen LogP contribution in [-0.4, -0.2) is 24.1 Å². The first kappa shape index (κ1) is 14.1. The summed E-state index contributed by atoms with van der Waals surface area (Å²) in [5, 5.41) is 4.34. The topological polar surface area (TPSA) is 51.2 Å². The summed E-state index contributed by atoms with van der Waals surface area (Å²) in [6.07, 6.45) is 0.716. The van der Waals surface area contributed by atoms with Crippen LogP contribution in [0.3, 0.4) is 0 Å². The van der Waals surface area contributed by atoms with E-state index in [1.165, 1.54) is 12.0 Å². The van der Waals surface area contributed by atoms with Crippen LogP contribution in [-0.2, 0) is 9.53 Å². The number of esters is 1. The fourth-order valence-electron chi connectivity index (χ4n) is 1.82. The lowest BCUT2D eigenvalue weighted by Gasteiger charge is -2.19. The highest BCUT2D eigenvalue weighted by Crippen LogP contribution is 2.24. The average molecular weight is 256 g/mol. The van der Waals surface area contributed by atoms with Gasteiger partial charge in [-0.05, 0) is 27.2 Å². The number of nitrogens with zero attached hydrogens (tertiary/aromatic N) is 1. The van der Waals surface area contributed by atoms with Gasteiger partial charge >= 0.3 is 5.97 Å². The molecule has 1 rings (SSSR count). The summed E-state index contributed by atoms with van der Waals surface area (Å²) in [6, 6.07) is -0.137. The number of ether oxygens (including phenoxy) is 1. The lowest BCUT2D eigenvalue weighted by atomic mass is 10.1. The zero-order valence-corrected chi connectivity index (χ0v) is 11.9. The van der Waals surface area contributed by atoms with Crippen molar-refractivity contribution in [3.05, 3.63) is 15.6 Å². The number of carbonyl (C=O) groups excluding carboxylic acids is 1. The molecule has 0 saturated heterocycles. The maximum Gasteiger partial charge on any atom is 0.322 e. The molecule has 5 heteroatoms. The van der Waals surface area contributed by atoms with Gasteiger partial charge < -0.3 is 4.74 Å². The highest BCUT2D eigenvalue weighted by Gasteiger charge is 2.21. The molecule has 2 atom stereocenters. The fraction of sp³-hybridized carbons (Fsp3) is 0.667. The fourth-order valence-corrected chi connectivity index (χ4v) is 2.76. The van der Waals surface area contributed by atoms with Gasteiger partial charge in [0.15, 0.2) is 0 Å². The smallest absolute Gasteiger partial charge is 0.322 e. The standard InChI is InChI=1S/C12H20N2O2S/c1-6-10(12(15)16-5)14-8(3)11-7(2)13-9(4)17-11/h8,10,14H,6H2,1-5H3. The molecule has 0 radical (unpaired) electrons. The summed E-state index contributed by atoms with van der Waals surface area (Å²) in [5.74, 6) is -0.210. The molecular weight excluding hydrogens is 236 g/mol. The Kier molecular flexibility index (Phi) is 5.08. The van der Waals surface area contributed by atoms with Crippen LogP contribution < -0.4 is 5.32 Å². The van der Waals surface area contributed by atoms with Gasteiger partial charge in [-0.1, -0.05) is 6.92 Å². The van der Waals surface area contributed by atoms with Gasteiger partial charge in [0.1, 0.15) is 6.04 Å². The predicted molar refractivity (Wildman–Crippen MR) is 69.2 cm³/mol. The number of rotatable bonds is 5. The molecule has 0 spiro atoms. The molecule has 0 saturated carbocycles.